The van der Waals surface area contributed by atoms with Gasteiger partial charge in [0.1, 0.15) is 9.49 Å². The molecule has 0 aliphatic heterocycles. The first-order valence-electron chi connectivity index (χ1n) is 19.2. The van der Waals surface area contributed by atoms with E-state index in [0.717, 1.165) is 75.1 Å². The minimum absolute atomic E-state index is 0.229. The lowest BCUT2D eigenvalue weighted by atomic mass is 9.94. The lowest BCUT2D eigenvalue weighted by Crippen LogP contribution is -2.29. The average molecular weight is 825 g/mol. The van der Waals surface area contributed by atoms with Crippen LogP contribution < -0.4 is 0 Å². The standard InChI is InChI=1S/C26H22N2O2S.C24H18N2O2S/c1-4-30-25(29)26(2,3)31-19-12-11-18-15-28-16-24(23(18)13-19)22-10-6-8-20-17(14-27)7-5-9-21(20)22;1-24(2,23(27)28)29-17-10-9-16-13-26-14-22(21(16)11-17)20-8-4-6-18-15(12-25)5-3-7-19(18)20/h5-13,15-16H,4H2,1-3H3;3-11,13-14H,1-2H3,(H,27,28). The molecule has 2 heterocycles. The predicted molar refractivity (Wildman–Crippen MR) is 243 cm³/mol. The van der Waals surface area contributed by atoms with E-state index >= 15 is 0 Å². The molecule has 0 saturated carbocycles. The fraction of sp³-hybridized carbons (Fsp3) is 0.160. The van der Waals surface area contributed by atoms with Gasteiger partial charge in [0, 0.05) is 67.3 Å². The third-order valence-electron chi connectivity index (χ3n) is 10.2. The van der Waals surface area contributed by atoms with Crippen molar-refractivity contribution in [2.75, 3.05) is 6.61 Å². The van der Waals surface area contributed by atoms with Crippen LogP contribution >= 0.6 is 23.5 Å². The van der Waals surface area contributed by atoms with E-state index in [-0.39, 0.29) is 5.97 Å². The summed E-state index contributed by atoms with van der Waals surface area (Å²) < 4.78 is 3.61. The average Bonchev–Trinajstić information content (AvgIpc) is 3.25. The van der Waals surface area contributed by atoms with Crippen LogP contribution in [-0.2, 0) is 14.3 Å². The number of esters is 1. The highest BCUT2D eigenvalue weighted by Crippen LogP contribution is 2.41. The maximum Gasteiger partial charge on any atom is 0.321 e. The molecule has 0 atom stereocenters. The topological polar surface area (TPSA) is 137 Å². The molecule has 0 radical (unpaired) electrons. The highest BCUT2D eigenvalue weighted by molar-refractivity contribution is 8.01. The second kappa shape index (κ2) is 17.2. The molecular weight excluding hydrogens is 785 g/mol. The molecule has 0 aliphatic rings. The van der Waals surface area contributed by atoms with Crippen molar-refractivity contribution in [3.05, 3.63) is 145 Å². The molecule has 0 unspecified atom stereocenters. The summed E-state index contributed by atoms with van der Waals surface area (Å²) in [7, 11) is 0. The van der Waals surface area contributed by atoms with Crippen molar-refractivity contribution in [1.29, 1.82) is 10.5 Å². The van der Waals surface area contributed by atoms with Crippen LogP contribution in [0.4, 0.5) is 0 Å². The highest BCUT2D eigenvalue weighted by atomic mass is 32.2. The molecule has 10 heteroatoms. The molecular formula is C50H40N4O4S2. The molecule has 8 rings (SSSR count). The Labute approximate surface area is 356 Å². The Morgan fingerprint density at radius 1 is 0.583 bits per heavy atom. The third-order valence-corrected chi connectivity index (χ3v) is 12.5. The van der Waals surface area contributed by atoms with E-state index in [1.54, 1.807) is 13.8 Å². The fourth-order valence-corrected chi connectivity index (χ4v) is 9.14. The van der Waals surface area contributed by atoms with Crippen molar-refractivity contribution in [2.45, 2.75) is 53.9 Å². The summed E-state index contributed by atoms with van der Waals surface area (Å²) in [6.45, 7) is 9.33. The minimum Gasteiger partial charge on any atom is -0.480 e. The number of hydrogen-bond donors (Lipinski definition) is 1. The van der Waals surface area contributed by atoms with Crippen LogP contribution in [0.5, 0.6) is 0 Å². The van der Waals surface area contributed by atoms with Crippen molar-refractivity contribution in [3.63, 3.8) is 0 Å². The Balaban J connectivity index is 0.000000182. The van der Waals surface area contributed by atoms with Gasteiger partial charge in [-0.25, -0.2) is 0 Å². The molecule has 0 saturated heterocycles. The van der Waals surface area contributed by atoms with Crippen LogP contribution in [0.3, 0.4) is 0 Å². The van der Waals surface area contributed by atoms with E-state index in [0.29, 0.717) is 17.7 Å². The molecule has 296 valence electrons. The number of rotatable bonds is 9. The Hall–Kier alpha value is -6.72. The number of carbonyl (C=O) groups is 2. The van der Waals surface area contributed by atoms with Gasteiger partial charge in [0.25, 0.3) is 0 Å². The molecule has 8 nitrogen and oxygen atoms in total. The highest BCUT2D eigenvalue weighted by Gasteiger charge is 2.31. The molecule has 60 heavy (non-hydrogen) atoms. The zero-order valence-corrected chi connectivity index (χ0v) is 35.3. The number of hydrogen-bond acceptors (Lipinski definition) is 9. The number of carbonyl (C=O) groups excluding carboxylic acids is 1. The van der Waals surface area contributed by atoms with Crippen molar-refractivity contribution in [3.8, 4) is 34.4 Å². The number of aromatic nitrogens is 2. The molecule has 2 aromatic heterocycles. The van der Waals surface area contributed by atoms with Gasteiger partial charge < -0.3 is 9.84 Å². The Morgan fingerprint density at radius 2 is 1.02 bits per heavy atom. The van der Waals surface area contributed by atoms with Crippen LogP contribution in [-0.4, -0.2) is 43.1 Å². The minimum atomic E-state index is -0.929. The summed E-state index contributed by atoms with van der Waals surface area (Å²) in [5.41, 5.74) is 5.27. The van der Waals surface area contributed by atoms with E-state index in [2.05, 4.69) is 34.2 Å². The Kier molecular flexibility index (Phi) is 11.9. The number of nitrogens with zero attached hydrogens (tertiary/aromatic N) is 4. The van der Waals surface area contributed by atoms with Gasteiger partial charge in [-0.15, -0.1) is 23.5 Å². The molecule has 8 aromatic rings. The lowest BCUT2D eigenvalue weighted by Gasteiger charge is -2.22. The molecule has 6 aromatic carbocycles. The van der Waals surface area contributed by atoms with E-state index < -0.39 is 15.5 Å². The Morgan fingerprint density at radius 3 is 1.45 bits per heavy atom. The summed E-state index contributed by atoms with van der Waals surface area (Å²) in [5.74, 6) is -1.08. The molecule has 0 spiro atoms. The monoisotopic (exact) mass is 824 g/mol. The summed E-state index contributed by atoms with van der Waals surface area (Å²) in [6.07, 6.45) is 7.34. The van der Waals surface area contributed by atoms with E-state index in [9.17, 15) is 25.2 Å². The van der Waals surface area contributed by atoms with Gasteiger partial charge >= 0.3 is 11.9 Å². The van der Waals surface area contributed by atoms with Gasteiger partial charge in [-0.1, -0.05) is 72.8 Å². The number of aliphatic carboxylic acids is 1. The quantitative estimate of drug-likeness (QED) is 0.111. The maximum absolute atomic E-state index is 12.3. The number of nitriles is 2. The predicted octanol–water partition coefficient (Wildman–Crippen LogP) is 12.2. The van der Waals surface area contributed by atoms with E-state index in [1.165, 1.54) is 23.5 Å². The number of ether oxygens (including phenoxy) is 1. The fourth-order valence-electron chi connectivity index (χ4n) is 7.11. The van der Waals surface area contributed by atoms with Crippen molar-refractivity contribution < 1.29 is 19.4 Å². The van der Waals surface area contributed by atoms with Gasteiger partial charge in [-0.3, -0.25) is 19.6 Å². The Bertz CT molecular complexity index is 3060. The summed E-state index contributed by atoms with van der Waals surface area (Å²) >= 11 is 2.80. The van der Waals surface area contributed by atoms with Crippen LogP contribution in [0.15, 0.2) is 144 Å². The second-order valence-corrected chi connectivity index (χ2v) is 18.4. The lowest BCUT2D eigenvalue weighted by molar-refractivity contribution is -0.145. The van der Waals surface area contributed by atoms with Crippen LogP contribution in [0.1, 0.15) is 45.7 Å². The van der Waals surface area contributed by atoms with Crippen molar-refractivity contribution in [2.24, 2.45) is 0 Å². The first-order valence-corrected chi connectivity index (χ1v) is 20.9. The SMILES string of the molecule is CC(C)(Sc1ccc2cncc(-c3cccc4c(C#N)cccc34)c2c1)C(=O)O.CCOC(=O)C(C)(C)Sc1ccc2cncc(-c3cccc4c(C#N)cccc34)c2c1. The summed E-state index contributed by atoms with van der Waals surface area (Å²) in [4.78, 5) is 34.6. The van der Waals surface area contributed by atoms with Gasteiger partial charge in [0.2, 0.25) is 0 Å². The van der Waals surface area contributed by atoms with Gasteiger partial charge in [0.05, 0.1) is 29.9 Å². The second-order valence-electron chi connectivity index (χ2n) is 15.0. The van der Waals surface area contributed by atoms with Gasteiger partial charge in [-0.2, -0.15) is 10.5 Å². The number of carboxylic acids is 1. The first kappa shape index (κ1) is 41.4. The largest absolute Gasteiger partial charge is 0.480 e. The van der Waals surface area contributed by atoms with Crippen LogP contribution in [0.2, 0.25) is 0 Å². The number of thioether (sulfide) groups is 2. The smallest absolute Gasteiger partial charge is 0.321 e. The molecule has 0 amide bonds. The van der Waals surface area contributed by atoms with Gasteiger partial charge in [0.15, 0.2) is 0 Å². The van der Waals surface area contributed by atoms with Crippen LogP contribution in [0.25, 0.3) is 65.3 Å². The van der Waals surface area contributed by atoms with Crippen LogP contribution in [0, 0.1) is 22.7 Å². The molecule has 1 N–H and O–H groups in total. The zero-order chi connectivity index (χ0) is 42.6. The normalized spacial score (nSPS) is 11.4. The third kappa shape index (κ3) is 8.39. The van der Waals surface area contributed by atoms with Crippen molar-refractivity contribution in [1.82, 2.24) is 9.97 Å². The maximum atomic E-state index is 12.3. The number of carboxylic acid groups (broad SMARTS) is 1. The number of pyridine rings is 2. The zero-order valence-electron chi connectivity index (χ0n) is 33.7. The van der Waals surface area contributed by atoms with Crippen molar-refractivity contribution >= 4 is 78.6 Å². The first-order chi connectivity index (χ1) is 28.8. The molecule has 0 aliphatic carbocycles. The summed E-state index contributed by atoms with van der Waals surface area (Å²) in [6, 6.07) is 40.0. The van der Waals surface area contributed by atoms with Gasteiger partial charge in [-0.05, 0) is 104 Å². The summed E-state index contributed by atoms with van der Waals surface area (Å²) in [5, 5.41) is 36.3. The number of fused-ring (bicyclic) bond motifs is 4. The number of benzene rings is 6. The molecule has 0 fully saturated rings. The molecule has 0 bridgehead atoms. The van der Waals surface area contributed by atoms with E-state index in [4.69, 9.17) is 4.74 Å². The van der Waals surface area contributed by atoms with E-state index in [1.807, 2.05) is 143 Å².